The van der Waals surface area contributed by atoms with E-state index in [0.717, 1.165) is 25.0 Å². The van der Waals surface area contributed by atoms with Crippen LogP contribution in [0.15, 0.2) is 18.2 Å². The molecule has 1 fully saturated rings. The number of piperidine rings is 1. The van der Waals surface area contributed by atoms with Gasteiger partial charge in [0.1, 0.15) is 5.82 Å². The lowest BCUT2D eigenvalue weighted by atomic mass is 9.96. The predicted molar refractivity (Wildman–Crippen MR) is 85.9 cm³/mol. The Hall–Kier alpha value is -2.12. The van der Waals surface area contributed by atoms with Crippen LogP contribution < -0.4 is 0 Å². The smallest absolute Gasteiger partial charge is 0.417 e. The summed E-state index contributed by atoms with van der Waals surface area (Å²) in [5.41, 5.74) is -1.87. The summed E-state index contributed by atoms with van der Waals surface area (Å²) < 4.78 is 57.5. The van der Waals surface area contributed by atoms with Crippen LogP contribution in [0, 0.1) is 11.7 Å². The Labute approximate surface area is 149 Å². The maximum absolute atomic E-state index is 13.2. The number of likely N-dealkylation sites (tertiary alicyclic amines) is 1. The molecule has 1 aromatic carbocycles. The van der Waals surface area contributed by atoms with Crippen LogP contribution in [0.4, 0.5) is 17.6 Å². The van der Waals surface area contributed by atoms with Crippen molar-refractivity contribution in [2.75, 3.05) is 19.7 Å². The van der Waals surface area contributed by atoms with Gasteiger partial charge in [0, 0.05) is 13.1 Å². The Bertz CT molecular complexity index is 652. The number of unbranched alkanes of at least 4 members (excludes halogenated alkanes) is 1. The second kappa shape index (κ2) is 8.51. The Morgan fingerprint density at radius 3 is 2.46 bits per heavy atom. The number of benzene rings is 1. The minimum Gasteiger partial charge on any atom is -0.465 e. The summed E-state index contributed by atoms with van der Waals surface area (Å²) in [6, 6.07) is 2.01. The molecule has 0 spiro atoms. The van der Waals surface area contributed by atoms with Crippen LogP contribution in [0.3, 0.4) is 0 Å². The Balaban J connectivity index is 2.02. The lowest BCUT2D eigenvalue weighted by Gasteiger charge is -2.31. The zero-order valence-corrected chi connectivity index (χ0v) is 14.4. The average Bonchev–Trinajstić information content (AvgIpc) is 2.60. The van der Waals surface area contributed by atoms with E-state index in [1.807, 2.05) is 6.92 Å². The predicted octanol–water partition coefficient (Wildman–Crippen LogP) is 4.04. The summed E-state index contributed by atoms with van der Waals surface area (Å²) in [5.74, 6) is -2.55. The number of carbonyl (C=O) groups excluding carboxylic acids is 2. The van der Waals surface area contributed by atoms with Gasteiger partial charge >= 0.3 is 12.1 Å². The summed E-state index contributed by atoms with van der Waals surface area (Å²) in [7, 11) is 0. The molecule has 0 aromatic heterocycles. The molecule has 0 N–H and O–H groups in total. The molecule has 1 aliphatic rings. The van der Waals surface area contributed by atoms with Gasteiger partial charge < -0.3 is 9.64 Å². The van der Waals surface area contributed by atoms with Crippen molar-refractivity contribution in [2.45, 2.75) is 38.8 Å². The van der Waals surface area contributed by atoms with Gasteiger partial charge in [-0.05, 0) is 37.5 Å². The first-order valence-electron chi connectivity index (χ1n) is 8.56. The number of hydrogen-bond donors (Lipinski definition) is 0. The highest BCUT2D eigenvalue weighted by Gasteiger charge is 2.37. The molecular formula is C18H21F4NO3. The quantitative estimate of drug-likeness (QED) is 0.443. The average molecular weight is 375 g/mol. The molecule has 0 aliphatic carbocycles. The number of carbonyl (C=O) groups is 2. The van der Waals surface area contributed by atoms with E-state index in [0.29, 0.717) is 25.5 Å². The third kappa shape index (κ3) is 4.95. The van der Waals surface area contributed by atoms with Crippen LogP contribution in [0.25, 0.3) is 0 Å². The third-order valence-corrected chi connectivity index (χ3v) is 4.38. The maximum Gasteiger partial charge on any atom is 0.417 e. The van der Waals surface area contributed by atoms with Crippen molar-refractivity contribution in [1.82, 2.24) is 4.90 Å². The fourth-order valence-corrected chi connectivity index (χ4v) is 2.86. The van der Waals surface area contributed by atoms with Crippen LogP contribution in [0.5, 0.6) is 0 Å². The molecule has 0 unspecified atom stereocenters. The van der Waals surface area contributed by atoms with Gasteiger partial charge in [-0.15, -0.1) is 0 Å². The second-order valence-corrected chi connectivity index (χ2v) is 6.28. The first-order chi connectivity index (χ1) is 12.2. The topological polar surface area (TPSA) is 46.6 Å². The Kier molecular flexibility index (Phi) is 6.61. The largest absolute Gasteiger partial charge is 0.465 e. The molecule has 1 amide bonds. The molecular weight excluding hydrogens is 354 g/mol. The number of rotatable bonds is 5. The van der Waals surface area contributed by atoms with Gasteiger partial charge in [0.15, 0.2) is 0 Å². The molecule has 1 aliphatic heterocycles. The highest BCUT2D eigenvalue weighted by molar-refractivity contribution is 5.96. The summed E-state index contributed by atoms with van der Waals surface area (Å²) in [6.45, 7) is 2.63. The van der Waals surface area contributed by atoms with Crippen molar-refractivity contribution in [3.63, 3.8) is 0 Å². The van der Waals surface area contributed by atoms with E-state index >= 15 is 0 Å². The monoisotopic (exact) mass is 375 g/mol. The summed E-state index contributed by atoms with van der Waals surface area (Å²) in [5, 5.41) is 0. The van der Waals surface area contributed by atoms with Crippen LogP contribution in [0.2, 0.25) is 0 Å². The first kappa shape index (κ1) is 20.2. The van der Waals surface area contributed by atoms with Gasteiger partial charge in [0.05, 0.1) is 23.7 Å². The van der Waals surface area contributed by atoms with E-state index in [9.17, 15) is 27.2 Å². The van der Waals surface area contributed by atoms with Gasteiger partial charge in [-0.3, -0.25) is 9.59 Å². The number of amides is 1. The van der Waals surface area contributed by atoms with E-state index in [-0.39, 0.29) is 25.0 Å². The standard InChI is InChI=1S/C18H21F4NO3/c1-2-3-10-26-17(25)12-6-8-23(9-7-12)16(24)14-5-4-13(19)11-15(14)18(20,21)22/h4-5,11-12H,2-3,6-10H2,1H3. The molecule has 0 bridgehead atoms. The molecule has 1 heterocycles. The third-order valence-electron chi connectivity index (χ3n) is 4.38. The van der Waals surface area contributed by atoms with Crippen LogP contribution in [0.1, 0.15) is 48.5 Å². The minimum absolute atomic E-state index is 0.154. The Morgan fingerprint density at radius 1 is 1.23 bits per heavy atom. The highest BCUT2D eigenvalue weighted by atomic mass is 19.4. The molecule has 2 rings (SSSR count). The maximum atomic E-state index is 13.2. The van der Waals surface area contributed by atoms with Gasteiger partial charge in [-0.1, -0.05) is 13.3 Å². The van der Waals surface area contributed by atoms with E-state index in [2.05, 4.69) is 0 Å². The van der Waals surface area contributed by atoms with E-state index in [4.69, 9.17) is 4.74 Å². The van der Waals surface area contributed by atoms with Crippen molar-refractivity contribution in [3.05, 3.63) is 35.1 Å². The molecule has 144 valence electrons. The van der Waals surface area contributed by atoms with Crippen molar-refractivity contribution in [3.8, 4) is 0 Å². The number of nitrogens with zero attached hydrogens (tertiary/aromatic N) is 1. The molecule has 0 radical (unpaired) electrons. The number of alkyl halides is 3. The number of hydrogen-bond acceptors (Lipinski definition) is 3. The van der Waals surface area contributed by atoms with Crippen molar-refractivity contribution >= 4 is 11.9 Å². The zero-order valence-electron chi connectivity index (χ0n) is 14.4. The van der Waals surface area contributed by atoms with E-state index < -0.39 is 29.0 Å². The van der Waals surface area contributed by atoms with Crippen molar-refractivity contribution in [1.29, 1.82) is 0 Å². The summed E-state index contributed by atoms with van der Waals surface area (Å²) >= 11 is 0. The molecule has 0 atom stereocenters. The second-order valence-electron chi connectivity index (χ2n) is 6.28. The van der Waals surface area contributed by atoms with Crippen LogP contribution in [-0.2, 0) is 15.7 Å². The molecule has 1 aromatic rings. The van der Waals surface area contributed by atoms with Crippen molar-refractivity contribution in [2.24, 2.45) is 5.92 Å². The molecule has 26 heavy (non-hydrogen) atoms. The zero-order chi connectivity index (χ0) is 19.3. The fraction of sp³-hybridized carbons (Fsp3) is 0.556. The lowest BCUT2D eigenvalue weighted by molar-refractivity contribution is -0.150. The Morgan fingerprint density at radius 2 is 1.88 bits per heavy atom. The highest BCUT2D eigenvalue weighted by Crippen LogP contribution is 2.33. The molecule has 4 nitrogen and oxygen atoms in total. The number of ether oxygens (including phenoxy) is 1. The molecule has 8 heteroatoms. The van der Waals surface area contributed by atoms with Gasteiger partial charge in [0.2, 0.25) is 0 Å². The van der Waals surface area contributed by atoms with Crippen LogP contribution in [-0.4, -0.2) is 36.5 Å². The molecule has 0 saturated carbocycles. The fourth-order valence-electron chi connectivity index (χ4n) is 2.86. The number of halogens is 4. The van der Waals surface area contributed by atoms with E-state index in [1.54, 1.807) is 0 Å². The van der Waals surface area contributed by atoms with Crippen molar-refractivity contribution < 1.29 is 31.9 Å². The van der Waals surface area contributed by atoms with Gasteiger partial charge in [0.25, 0.3) is 5.91 Å². The number of esters is 1. The lowest BCUT2D eigenvalue weighted by Crippen LogP contribution is -2.41. The van der Waals surface area contributed by atoms with Gasteiger partial charge in [-0.2, -0.15) is 13.2 Å². The summed E-state index contributed by atoms with van der Waals surface area (Å²) in [6.07, 6.45) is -2.49. The summed E-state index contributed by atoms with van der Waals surface area (Å²) in [4.78, 5) is 25.6. The first-order valence-corrected chi connectivity index (χ1v) is 8.56. The molecule has 1 saturated heterocycles. The van der Waals surface area contributed by atoms with E-state index in [1.165, 1.54) is 4.90 Å². The van der Waals surface area contributed by atoms with Gasteiger partial charge in [-0.25, -0.2) is 4.39 Å². The SMILES string of the molecule is CCCCOC(=O)C1CCN(C(=O)c2ccc(F)cc2C(F)(F)F)CC1. The normalized spacial score (nSPS) is 15.8. The minimum atomic E-state index is -4.82. The van der Waals surface area contributed by atoms with Crippen LogP contribution >= 0.6 is 0 Å².